The van der Waals surface area contributed by atoms with Crippen LogP contribution in [-0.2, 0) is 6.42 Å². The van der Waals surface area contributed by atoms with Gasteiger partial charge in [0.1, 0.15) is 0 Å². The Morgan fingerprint density at radius 2 is 1.95 bits per heavy atom. The van der Waals surface area contributed by atoms with E-state index < -0.39 is 0 Å². The summed E-state index contributed by atoms with van der Waals surface area (Å²) in [4.78, 5) is 0. The zero-order chi connectivity index (χ0) is 14.7. The number of hydrogen-bond donors (Lipinski definition) is 2. The Kier molecular flexibility index (Phi) is 5.47. The molecule has 0 radical (unpaired) electrons. The van der Waals surface area contributed by atoms with E-state index in [9.17, 15) is 0 Å². The van der Waals surface area contributed by atoms with Crippen LogP contribution in [0.2, 0.25) is 10.0 Å². The van der Waals surface area contributed by atoms with Crippen LogP contribution >= 0.6 is 39.1 Å². The van der Waals surface area contributed by atoms with Gasteiger partial charge in [0, 0.05) is 14.5 Å². The molecule has 0 spiro atoms. The highest BCUT2D eigenvalue weighted by molar-refractivity contribution is 9.10. The van der Waals surface area contributed by atoms with E-state index in [1.807, 2.05) is 18.2 Å². The summed E-state index contributed by atoms with van der Waals surface area (Å²) < 4.78 is 1.02. The monoisotopic (exact) mass is 372 g/mol. The van der Waals surface area contributed by atoms with Gasteiger partial charge in [0.15, 0.2) is 0 Å². The summed E-state index contributed by atoms with van der Waals surface area (Å²) in [5.41, 5.74) is 6.16. The van der Waals surface area contributed by atoms with Gasteiger partial charge in [-0.3, -0.25) is 11.3 Å². The number of benzene rings is 2. The largest absolute Gasteiger partial charge is 0.271 e. The molecule has 1 atom stereocenters. The van der Waals surface area contributed by atoms with E-state index in [0.29, 0.717) is 16.5 Å². The molecule has 0 aliphatic rings. The van der Waals surface area contributed by atoms with Crippen LogP contribution in [0.3, 0.4) is 0 Å². The summed E-state index contributed by atoms with van der Waals surface area (Å²) in [7, 11) is 0. The fourth-order valence-electron chi connectivity index (χ4n) is 2.10. The second-order valence-electron chi connectivity index (χ2n) is 4.68. The van der Waals surface area contributed by atoms with Crippen molar-refractivity contribution in [1.82, 2.24) is 5.43 Å². The highest BCUT2D eigenvalue weighted by atomic mass is 79.9. The van der Waals surface area contributed by atoms with Gasteiger partial charge in [0.25, 0.3) is 0 Å². The first-order chi connectivity index (χ1) is 9.51. The molecule has 1 unspecified atom stereocenters. The fraction of sp³-hybridized carbons (Fsp3) is 0.200. The minimum absolute atomic E-state index is 0.0250. The van der Waals surface area contributed by atoms with E-state index in [1.165, 1.54) is 5.56 Å². The second-order valence-corrected chi connectivity index (χ2v) is 6.38. The SMILES string of the molecule is Cc1ccc(Br)c(C(Cc2ccc(Cl)cc2Cl)NN)c1. The van der Waals surface area contributed by atoms with E-state index in [2.05, 4.69) is 40.4 Å². The molecule has 0 saturated heterocycles. The van der Waals surface area contributed by atoms with Crippen molar-refractivity contribution in [3.63, 3.8) is 0 Å². The maximum Gasteiger partial charge on any atom is 0.0512 e. The Hall–Kier alpha value is -0.580. The molecule has 5 heteroatoms. The third-order valence-corrected chi connectivity index (χ3v) is 4.48. The summed E-state index contributed by atoms with van der Waals surface area (Å²) in [5, 5.41) is 1.29. The van der Waals surface area contributed by atoms with Crippen LogP contribution in [0.4, 0.5) is 0 Å². The summed E-state index contributed by atoms with van der Waals surface area (Å²) in [6.07, 6.45) is 0.689. The maximum atomic E-state index is 6.22. The van der Waals surface area contributed by atoms with Gasteiger partial charge in [-0.1, -0.05) is 62.9 Å². The quantitative estimate of drug-likeness (QED) is 0.596. The maximum absolute atomic E-state index is 6.22. The first-order valence-electron chi connectivity index (χ1n) is 6.17. The lowest BCUT2D eigenvalue weighted by Gasteiger charge is -2.19. The van der Waals surface area contributed by atoms with Crippen LogP contribution in [0.15, 0.2) is 40.9 Å². The molecule has 0 aliphatic carbocycles. The van der Waals surface area contributed by atoms with Crippen molar-refractivity contribution in [2.24, 2.45) is 5.84 Å². The molecule has 0 heterocycles. The Morgan fingerprint density at radius 1 is 1.20 bits per heavy atom. The summed E-state index contributed by atoms with van der Waals surface area (Å²) in [6, 6.07) is 11.7. The van der Waals surface area contributed by atoms with E-state index in [4.69, 9.17) is 29.0 Å². The third kappa shape index (κ3) is 3.74. The number of halogens is 3. The van der Waals surface area contributed by atoms with Gasteiger partial charge in [-0.25, -0.2) is 0 Å². The predicted octanol–water partition coefficient (Wildman–Crippen LogP) is 4.81. The lowest BCUT2D eigenvalue weighted by molar-refractivity contribution is 0.550. The van der Waals surface area contributed by atoms with Crippen molar-refractivity contribution in [1.29, 1.82) is 0 Å². The van der Waals surface area contributed by atoms with Gasteiger partial charge in [-0.2, -0.15) is 0 Å². The molecule has 2 nitrogen and oxygen atoms in total. The fourth-order valence-corrected chi connectivity index (χ4v) is 3.10. The van der Waals surface area contributed by atoms with Crippen LogP contribution in [0.25, 0.3) is 0 Å². The Bertz CT molecular complexity index is 617. The Morgan fingerprint density at radius 3 is 2.60 bits per heavy atom. The van der Waals surface area contributed by atoms with Gasteiger partial charge in [0.05, 0.1) is 6.04 Å². The molecule has 0 saturated carbocycles. The van der Waals surface area contributed by atoms with Crippen molar-refractivity contribution in [2.45, 2.75) is 19.4 Å². The van der Waals surface area contributed by atoms with Crippen molar-refractivity contribution in [2.75, 3.05) is 0 Å². The van der Waals surface area contributed by atoms with Crippen LogP contribution in [0, 0.1) is 6.92 Å². The standard InChI is InChI=1S/C15H15BrCl2N2/c1-9-2-5-13(16)12(6-9)15(20-19)7-10-3-4-11(17)8-14(10)18/h2-6,8,15,20H,7,19H2,1H3. The highest BCUT2D eigenvalue weighted by Crippen LogP contribution is 2.30. The molecule has 3 N–H and O–H groups in total. The molecular formula is C15H15BrCl2N2. The zero-order valence-corrected chi connectivity index (χ0v) is 14.1. The van der Waals surface area contributed by atoms with Crippen LogP contribution < -0.4 is 11.3 Å². The van der Waals surface area contributed by atoms with Crippen molar-refractivity contribution in [3.8, 4) is 0 Å². The predicted molar refractivity (Wildman–Crippen MR) is 89.1 cm³/mol. The van der Waals surface area contributed by atoms with Gasteiger partial charge in [0.2, 0.25) is 0 Å². The molecule has 106 valence electrons. The highest BCUT2D eigenvalue weighted by Gasteiger charge is 2.15. The number of rotatable bonds is 4. The number of hydrazine groups is 1. The Balaban J connectivity index is 2.31. The summed E-state index contributed by atoms with van der Waals surface area (Å²) in [6.45, 7) is 2.05. The van der Waals surface area contributed by atoms with Crippen molar-refractivity contribution >= 4 is 39.1 Å². The second kappa shape index (κ2) is 6.92. The minimum Gasteiger partial charge on any atom is -0.271 e. The molecule has 2 aromatic rings. The topological polar surface area (TPSA) is 38.0 Å². The Labute approximate surface area is 137 Å². The van der Waals surface area contributed by atoms with Crippen LogP contribution in [-0.4, -0.2) is 0 Å². The molecule has 0 aliphatic heterocycles. The zero-order valence-electron chi connectivity index (χ0n) is 11.0. The van der Waals surface area contributed by atoms with Crippen molar-refractivity contribution in [3.05, 3.63) is 67.6 Å². The van der Waals surface area contributed by atoms with E-state index in [-0.39, 0.29) is 6.04 Å². The van der Waals surface area contributed by atoms with Gasteiger partial charge >= 0.3 is 0 Å². The lowest BCUT2D eigenvalue weighted by atomic mass is 9.98. The minimum atomic E-state index is -0.0250. The first kappa shape index (κ1) is 15.8. The molecule has 0 amide bonds. The van der Waals surface area contributed by atoms with Gasteiger partial charge in [-0.15, -0.1) is 0 Å². The summed E-state index contributed by atoms with van der Waals surface area (Å²) in [5.74, 6) is 5.71. The van der Waals surface area contributed by atoms with E-state index >= 15 is 0 Å². The molecule has 0 aromatic heterocycles. The van der Waals surface area contributed by atoms with Crippen LogP contribution in [0.1, 0.15) is 22.7 Å². The number of nitrogens with two attached hydrogens (primary N) is 1. The molecular weight excluding hydrogens is 359 g/mol. The third-order valence-electron chi connectivity index (χ3n) is 3.17. The van der Waals surface area contributed by atoms with Crippen LogP contribution in [0.5, 0.6) is 0 Å². The lowest BCUT2D eigenvalue weighted by Crippen LogP contribution is -2.30. The van der Waals surface area contributed by atoms with Gasteiger partial charge < -0.3 is 0 Å². The molecule has 2 aromatic carbocycles. The molecule has 2 rings (SSSR count). The van der Waals surface area contributed by atoms with Gasteiger partial charge in [-0.05, 0) is 42.7 Å². The molecule has 0 fully saturated rings. The average Bonchev–Trinajstić information content (AvgIpc) is 2.41. The average molecular weight is 374 g/mol. The van der Waals surface area contributed by atoms with Crippen molar-refractivity contribution < 1.29 is 0 Å². The number of hydrogen-bond acceptors (Lipinski definition) is 2. The smallest absolute Gasteiger partial charge is 0.0512 e. The molecule has 0 bridgehead atoms. The normalized spacial score (nSPS) is 12.4. The molecule has 20 heavy (non-hydrogen) atoms. The number of nitrogens with one attached hydrogen (secondary N) is 1. The first-order valence-corrected chi connectivity index (χ1v) is 7.72. The summed E-state index contributed by atoms with van der Waals surface area (Å²) >= 11 is 15.7. The number of aryl methyl sites for hydroxylation is 1. The van der Waals surface area contributed by atoms with E-state index in [0.717, 1.165) is 15.6 Å². The van der Waals surface area contributed by atoms with E-state index in [1.54, 1.807) is 6.07 Å².